The monoisotopic (exact) mass is 417 g/mol. The van der Waals surface area contributed by atoms with Gasteiger partial charge in [-0.1, -0.05) is 41.9 Å². The number of carbonyl (C=O) groups excluding carboxylic acids is 1. The van der Waals surface area contributed by atoms with Crippen molar-refractivity contribution in [2.45, 2.75) is 37.0 Å². The van der Waals surface area contributed by atoms with Crippen molar-refractivity contribution in [2.24, 2.45) is 11.3 Å². The largest absolute Gasteiger partial charge is 0.300 e. The molecule has 2 unspecified atom stereocenters. The van der Waals surface area contributed by atoms with Gasteiger partial charge in [-0.25, -0.2) is 8.42 Å². The third-order valence-corrected chi connectivity index (χ3v) is 8.42. The number of Topliss-reactive ketones (excluding diaryl/α,β-unsaturated/α-hetero) is 1. The number of benzene rings is 2. The van der Waals surface area contributed by atoms with Gasteiger partial charge in [0.2, 0.25) is 10.0 Å². The standard InChI is InChI=1S/C22H24ClNO3S/c23-19-6-8-21(9-7-19)28(26,27)24-13-11-18-14-20(25)10-12-22(18,16-24)15-17-4-2-1-3-5-17/h1-9,18H,10-16H2. The fourth-order valence-electron chi connectivity index (χ4n) is 4.78. The summed E-state index contributed by atoms with van der Waals surface area (Å²) in [6, 6.07) is 16.6. The lowest BCUT2D eigenvalue weighted by atomic mass is 9.60. The molecular formula is C22H24ClNO3S. The Labute approximate surface area is 171 Å². The van der Waals surface area contributed by atoms with Crippen LogP contribution in [0, 0.1) is 11.3 Å². The number of hydrogen-bond acceptors (Lipinski definition) is 3. The summed E-state index contributed by atoms with van der Waals surface area (Å²) < 4.78 is 28.1. The molecule has 0 N–H and O–H groups in total. The summed E-state index contributed by atoms with van der Waals surface area (Å²) in [5.41, 5.74) is 1.01. The molecule has 2 aromatic rings. The Bertz CT molecular complexity index is 959. The van der Waals surface area contributed by atoms with Gasteiger partial charge in [-0.3, -0.25) is 4.79 Å². The SMILES string of the molecule is O=C1CCC2(Cc3ccccc3)CN(S(=O)(=O)c3ccc(Cl)cc3)CCC2C1. The van der Waals surface area contributed by atoms with Gasteiger partial charge < -0.3 is 0 Å². The molecule has 4 rings (SSSR count). The average molecular weight is 418 g/mol. The van der Waals surface area contributed by atoms with Gasteiger partial charge in [-0.2, -0.15) is 4.31 Å². The van der Waals surface area contributed by atoms with Gasteiger partial charge in [0.15, 0.2) is 0 Å². The molecule has 28 heavy (non-hydrogen) atoms. The lowest BCUT2D eigenvalue weighted by Crippen LogP contribution is -2.54. The Balaban J connectivity index is 1.65. The van der Waals surface area contributed by atoms with E-state index < -0.39 is 10.0 Å². The van der Waals surface area contributed by atoms with Crippen LogP contribution in [-0.4, -0.2) is 31.6 Å². The van der Waals surface area contributed by atoms with Crippen LogP contribution < -0.4 is 0 Å². The van der Waals surface area contributed by atoms with E-state index in [4.69, 9.17) is 11.6 Å². The normalized spacial score (nSPS) is 26.0. The summed E-state index contributed by atoms with van der Waals surface area (Å²) in [4.78, 5) is 12.4. The highest BCUT2D eigenvalue weighted by Crippen LogP contribution is 2.48. The van der Waals surface area contributed by atoms with Gasteiger partial charge in [-0.15, -0.1) is 0 Å². The number of nitrogens with zero attached hydrogens (tertiary/aromatic N) is 1. The minimum atomic E-state index is -3.58. The summed E-state index contributed by atoms with van der Waals surface area (Å²) in [6.45, 7) is 0.921. The molecule has 6 heteroatoms. The minimum absolute atomic E-state index is 0.187. The molecule has 0 amide bonds. The smallest absolute Gasteiger partial charge is 0.243 e. The van der Waals surface area contributed by atoms with Crippen molar-refractivity contribution in [3.05, 3.63) is 65.2 Å². The highest BCUT2D eigenvalue weighted by molar-refractivity contribution is 7.89. The maximum absolute atomic E-state index is 13.2. The van der Waals surface area contributed by atoms with Crippen LogP contribution in [0.25, 0.3) is 0 Å². The molecule has 0 bridgehead atoms. The molecule has 2 aliphatic rings. The van der Waals surface area contributed by atoms with Crippen LogP contribution in [0.4, 0.5) is 0 Å². The molecule has 1 aliphatic carbocycles. The molecule has 0 aromatic heterocycles. The average Bonchev–Trinajstić information content (AvgIpc) is 2.69. The van der Waals surface area contributed by atoms with Crippen LogP contribution in [0.5, 0.6) is 0 Å². The third-order valence-electron chi connectivity index (χ3n) is 6.31. The van der Waals surface area contributed by atoms with Crippen molar-refractivity contribution in [3.8, 4) is 0 Å². The number of sulfonamides is 1. The van der Waals surface area contributed by atoms with E-state index in [1.54, 1.807) is 28.6 Å². The number of fused-ring (bicyclic) bond motifs is 1. The molecule has 0 spiro atoms. The molecule has 148 valence electrons. The fraction of sp³-hybridized carbons (Fsp3) is 0.409. The first kappa shape index (κ1) is 19.6. The lowest BCUT2D eigenvalue weighted by Gasteiger charge is -2.50. The van der Waals surface area contributed by atoms with Crippen molar-refractivity contribution in [1.82, 2.24) is 4.31 Å². The third kappa shape index (κ3) is 3.76. The highest BCUT2D eigenvalue weighted by Gasteiger charge is 2.49. The molecule has 1 saturated carbocycles. The van der Waals surface area contributed by atoms with Crippen molar-refractivity contribution in [2.75, 3.05) is 13.1 Å². The van der Waals surface area contributed by atoms with Gasteiger partial charge in [0, 0.05) is 31.0 Å². The van der Waals surface area contributed by atoms with E-state index in [0.29, 0.717) is 36.7 Å². The van der Waals surface area contributed by atoms with E-state index in [1.165, 1.54) is 5.56 Å². The Hall–Kier alpha value is -1.69. The number of halogens is 1. The molecule has 4 nitrogen and oxygen atoms in total. The Kier molecular flexibility index (Phi) is 5.34. The van der Waals surface area contributed by atoms with Gasteiger partial charge >= 0.3 is 0 Å². The summed E-state index contributed by atoms with van der Waals surface area (Å²) in [7, 11) is -3.58. The maximum atomic E-state index is 13.2. The zero-order valence-corrected chi connectivity index (χ0v) is 17.3. The first-order valence-corrected chi connectivity index (χ1v) is 11.5. The summed E-state index contributed by atoms with van der Waals surface area (Å²) in [5.74, 6) is 0.549. The number of hydrogen-bond donors (Lipinski definition) is 0. The second-order valence-electron chi connectivity index (χ2n) is 8.05. The van der Waals surface area contributed by atoms with E-state index in [9.17, 15) is 13.2 Å². The van der Waals surface area contributed by atoms with Crippen molar-refractivity contribution in [3.63, 3.8) is 0 Å². The van der Waals surface area contributed by atoms with E-state index in [1.807, 2.05) is 18.2 Å². The van der Waals surface area contributed by atoms with Crippen LogP contribution in [-0.2, 0) is 21.2 Å². The van der Waals surface area contributed by atoms with E-state index in [2.05, 4.69) is 12.1 Å². The van der Waals surface area contributed by atoms with Crippen LogP contribution in [0.1, 0.15) is 31.2 Å². The van der Waals surface area contributed by atoms with Crippen LogP contribution in [0.3, 0.4) is 0 Å². The Morgan fingerprint density at radius 3 is 2.50 bits per heavy atom. The number of piperidine rings is 1. The first-order valence-electron chi connectivity index (χ1n) is 9.70. The maximum Gasteiger partial charge on any atom is 0.243 e. The first-order chi connectivity index (χ1) is 13.4. The summed E-state index contributed by atoms with van der Waals surface area (Å²) in [6.07, 6.45) is 3.39. The Morgan fingerprint density at radius 2 is 1.79 bits per heavy atom. The Morgan fingerprint density at radius 1 is 1.07 bits per heavy atom. The molecule has 1 aliphatic heterocycles. The van der Waals surface area contributed by atoms with Gasteiger partial charge in [-0.05, 0) is 60.4 Å². The molecule has 2 atom stereocenters. The van der Waals surface area contributed by atoms with Gasteiger partial charge in [0.1, 0.15) is 5.78 Å². The predicted molar refractivity (Wildman–Crippen MR) is 110 cm³/mol. The van der Waals surface area contributed by atoms with Gasteiger partial charge in [0.25, 0.3) is 0 Å². The quantitative estimate of drug-likeness (QED) is 0.743. The summed E-state index contributed by atoms with van der Waals surface area (Å²) in [5, 5.41) is 0.518. The van der Waals surface area contributed by atoms with E-state index in [-0.39, 0.29) is 16.2 Å². The molecular weight excluding hydrogens is 394 g/mol. The topological polar surface area (TPSA) is 54.5 Å². The van der Waals surface area contributed by atoms with Gasteiger partial charge in [0.05, 0.1) is 4.90 Å². The van der Waals surface area contributed by atoms with Crippen molar-refractivity contribution < 1.29 is 13.2 Å². The summed E-state index contributed by atoms with van der Waals surface area (Å²) >= 11 is 5.92. The molecule has 2 fully saturated rings. The zero-order valence-electron chi connectivity index (χ0n) is 15.7. The molecule has 0 radical (unpaired) electrons. The van der Waals surface area contributed by atoms with Crippen molar-refractivity contribution in [1.29, 1.82) is 0 Å². The van der Waals surface area contributed by atoms with E-state index in [0.717, 1.165) is 19.3 Å². The minimum Gasteiger partial charge on any atom is -0.300 e. The van der Waals surface area contributed by atoms with Crippen LogP contribution in [0.15, 0.2) is 59.5 Å². The number of ketones is 1. The number of carbonyl (C=O) groups is 1. The molecule has 1 saturated heterocycles. The van der Waals surface area contributed by atoms with Crippen LogP contribution in [0.2, 0.25) is 5.02 Å². The molecule has 1 heterocycles. The number of rotatable bonds is 4. The van der Waals surface area contributed by atoms with Crippen molar-refractivity contribution >= 4 is 27.4 Å². The zero-order chi connectivity index (χ0) is 19.8. The highest BCUT2D eigenvalue weighted by atomic mass is 35.5. The predicted octanol–water partition coefficient (Wildman–Crippen LogP) is 4.33. The second kappa shape index (κ2) is 7.62. The van der Waals surface area contributed by atoms with E-state index >= 15 is 0 Å². The van der Waals surface area contributed by atoms with Crippen LogP contribution >= 0.6 is 11.6 Å². The second-order valence-corrected chi connectivity index (χ2v) is 10.4. The molecule has 2 aromatic carbocycles. The fourth-order valence-corrected chi connectivity index (χ4v) is 6.46. The lowest BCUT2D eigenvalue weighted by molar-refractivity contribution is -0.126.